The first-order valence-corrected chi connectivity index (χ1v) is 8.92. The lowest BCUT2D eigenvalue weighted by atomic mass is 10.2. The van der Waals surface area contributed by atoms with Crippen molar-refractivity contribution in [1.82, 2.24) is 20.4 Å². The van der Waals surface area contributed by atoms with Gasteiger partial charge in [0.15, 0.2) is 5.96 Å². The van der Waals surface area contributed by atoms with Gasteiger partial charge in [0, 0.05) is 44.0 Å². The van der Waals surface area contributed by atoms with Gasteiger partial charge >= 0.3 is 0 Å². The zero-order valence-electron chi connectivity index (χ0n) is 16.7. The topological polar surface area (TPSA) is 109 Å². The molecular weight excluding hydrogens is 473 g/mol. The molecule has 0 fully saturated rings. The maximum Gasteiger partial charge on any atom is 0.292 e. The zero-order valence-corrected chi connectivity index (χ0v) is 19.0. The zero-order chi connectivity index (χ0) is 19.8. The molecule has 0 spiro atoms. The molecule has 0 aliphatic heterocycles. The van der Waals surface area contributed by atoms with Crippen LogP contribution in [0.2, 0.25) is 0 Å². The van der Waals surface area contributed by atoms with Crippen molar-refractivity contribution < 1.29 is 4.92 Å². The van der Waals surface area contributed by atoms with E-state index in [2.05, 4.69) is 26.0 Å². The molecule has 2 aromatic rings. The first-order chi connectivity index (χ1) is 12.9. The maximum absolute atomic E-state index is 11.0. The minimum Gasteiger partial charge on any atom is -0.378 e. The third kappa shape index (κ3) is 6.36. The van der Waals surface area contributed by atoms with Crippen LogP contribution in [0, 0.1) is 24.0 Å². The van der Waals surface area contributed by atoms with Gasteiger partial charge in [-0.05, 0) is 26.8 Å². The molecule has 9 nitrogen and oxygen atoms in total. The quantitative estimate of drug-likeness (QED) is 0.128. The summed E-state index contributed by atoms with van der Waals surface area (Å²) in [4.78, 5) is 15.3. The number of rotatable bonds is 8. The molecule has 0 aliphatic rings. The Morgan fingerprint density at radius 1 is 1.25 bits per heavy atom. The third-order valence-electron chi connectivity index (χ3n) is 4.23. The maximum atomic E-state index is 11.0. The van der Waals surface area contributed by atoms with Crippen molar-refractivity contribution in [2.24, 2.45) is 12.0 Å². The molecule has 0 atom stereocenters. The first-order valence-electron chi connectivity index (χ1n) is 8.92. The number of nitro groups is 1. The summed E-state index contributed by atoms with van der Waals surface area (Å²) in [7, 11) is 1.92. The number of para-hydroxylation sites is 2. The van der Waals surface area contributed by atoms with Crippen LogP contribution in [0.15, 0.2) is 29.3 Å². The van der Waals surface area contributed by atoms with Gasteiger partial charge in [-0.25, -0.2) is 4.99 Å². The number of anilines is 1. The second kappa shape index (κ2) is 11.5. The van der Waals surface area contributed by atoms with Gasteiger partial charge in [0.2, 0.25) is 0 Å². The molecule has 0 bridgehead atoms. The van der Waals surface area contributed by atoms with E-state index in [0.29, 0.717) is 31.3 Å². The Kier molecular flexibility index (Phi) is 9.69. The van der Waals surface area contributed by atoms with E-state index in [9.17, 15) is 10.1 Å². The lowest BCUT2D eigenvalue weighted by molar-refractivity contribution is -0.384. The lowest BCUT2D eigenvalue weighted by Crippen LogP contribution is -2.39. The van der Waals surface area contributed by atoms with Gasteiger partial charge in [-0.3, -0.25) is 14.8 Å². The molecule has 0 radical (unpaired) electrons. The van der Waals surface area contributed by atoms with Crippen LogP contribution in [0.4, 0.5) is 11.4 Å². The van der Waals surface area contributed by atoms with Gasteiger partial charge in [0.05, 0.1) is 17.2 Å². The van der Waals surface area contributed by atoms with Crippen LogP contribution in [0.25, 0.3) is 0 Å². The Morgan fingerprint density at radius 3 is 2.57 bits per heavy atom. The van der Waals surface area contributed by atoms with Crippen LogP contribution < -0.4 is 16.0 Å². The number of nitrogens with one attached hydrogen (secondary N) is 3. The normalized spacial score (nSPS) is 10.9. The number of hydrogen-bond donors (Lipinski definition) is 3. The average Bonchev–Trinajstić information content (AvgIpc) is 2.88. The molecule has 3 N–H and O–H groups in total. The van der Waals surface area contributed by atoms with Gasteiger partial charge in [-0.15, -0.1) is 24.0 Å². The van der Waals surface area contributed by atoms with Crippen LogP contribution in [0.1, 0.15) is 23.9 Å². The molecule has 28 heavy (non-hydrogen) atoms. The highest BCUT2D eigenvalue weighted by Crippen LogP contribution is 2.22. The molecule has 0 saturated carbocycles. The van der Waals surface area contributed by atoms with E-state index in [4.69, 9.17) is 0 Å². The monoisotopic (exact) mass is 501 g/mol. The van der Waals surface area contributed by atoms with Crippen molar-refractivity contribution in [2.45, 2.75) is 27.3 Å². The van der Waals surface area contributed by atoms with Gasteiger partial charge < -0.3 is 16.0 Å². The molecular formula is C18H28IN7O2. The van der Waals surface area contributed by atoms with Crippen molar-refractivity contribution in [3.8, 4) is 0 Å². The predicted molar refractivity (Wildman–Crippen MR) is 123 cm³/mol. The van der Waals surface area contributed by atoms with E-state index in [-0.39, 0.29) is 34.6 Å². The number of guanidine groups is 1. The fraction of sp³-hybridized carbons (Fsp3) is 0.444. The predicted octanol–water partition coefficient (Wildman–Crippen LogP) is 2.73. The summed E-state index contributed by atoms with van der Waals surface area (Å²) in [5, 5.41) is 25.0. The Morgan fingerprint density at radius 2 is 1.96 bits per heavy atom. The smallest absolute Gasteiger partial charge is 0.292 e. The number of aryl methyl sites for hydroxylation is 2. The fourth-order valence-electron chi connectivity index (χ4n) is 2.71. The van der Waals surface area contributed by atoms with Crippen molar-refractivity contribution in [1.29, 1.82) is 0 Å². The van der Waals surface area contributed by atoms with Gasteiger partial charge in [0.25, 0.3) is 5.69 Å². The van der Waals surface area contributed by atoms with E-state index < -0.39 is 0 Å². The number of benzene rings is 1. The second-order valence-electron chi connectivity index (χ2n) is 6.10. The first kappa shape index (κ1) is 23.7. The Labute approximate surface area is 182 Å². The highest BCUT2D eigenvalue weighted by Gasteiger charge is 2.11. The Bertz CT molecular complexity index is 820. The second-order valence-corrected chi connectivity index (χ2v) is 6.10. The van der Waals surface area contributed by atoms with Gasteiger partial charge in [-0.2, -0.15) is 5.10 Å². The van der Waals surface area contributed by atoms with E-state index >= 15 is 0 Å². The number of nitrogens with zero attached hydrogens (tertiary/aromatic N) is 4. The van der Waals surface area contributed by atoms with E-state index in [1.807, 2.05) is 32.5 Å². The summed E-state index contributed by atoms with van der Waals surface area (Å²) < 4.78 is 1.86. The summed E-state index contributed by atoms with van der Waals surface area (Å²) in [6.45, 7) is 8.40. The highest BCUT2D eigenvalue weighted by molar-refractivity contribution is 14.0. The van der Waals surface area contributed by atoms with Crippen LogP contribution in [-0.2, 0) is 13.6 Å². The van der Waals surface area contributed by atoms with Crippen molar-refractivity contribution >= 4 is 41.3 Å². The van der Waals surface area contributed by atoms with Crippen molar-refractivity contribution in [3.05, 3.63) is 51.3 Å². The standard InChI is InChI=1S/C18H27N7O2.HI/c1-5-19-18(22-12-15-13(2)23-24(4)14(15)3)21-11-10-20-16-8-6-7-9-17(16)25(26)27;/h6-9,20H,5,10-12H2,1-4H3,(H2,19,21,22);1H. The lowest BCUT2D eigenvalue weighted by Gasteiger charge is -2.12. The van der Waals surface area contributed by atoms with Gasteiger partial charge in [0.1, 0.15) is 5.69 Å². The molecule has 2 rings (SSSR count). The number of nitro benzene ring substituents is 1. The SMILES string of the molecule is CCNC(=NCc1c(C)nn(C)c1C)NCCNc1ccccc1[N+](=O)[O-].I. The molecule has 0 aliphatic carbocycles. The molecule has 1 heterocycles. The minimum absolute atomic E-state index is 0. The molecule has 10 heteroatoms. The van der Waals surface area contributed by atoms with Crippen LogP contribution in [0.3, 0.4) is 0 Å². The molecule has 0 unspecified atom stereocenters. The van der Waals surface area contributed by atoms with Crippen molar-refractivity contribution in [3.63, 3.8) is 0 Å². The average molecular weight is 501 g/mol. The summed E-state index contributed by atoms with van der Waals surface area (Å²) in [6.07, 6.45) is 0. The van der Waals surface area contributed by atoms with E-state index in [1.54, 1.807) is 18.2 Å². The molecule has 1 aromatic carbocycles. The van der Waals surface area contributed by atoms with Crippen LogP contribution in [0.5, 0.6) is 0 Å². The minimum atomic E-state index is -0.389. The summed E-state index contributed by atoms with van der Waals surface area (Å²) in [5.41, 5.74) is 3.78. The number of halogens is 1. The van der Waals surface area contributed by atoms with E-state index in [0.717, 1.165) is 23.5 Å². The third-order valence-corrected chi connectivity index (χ3v) is 4.23. The largest absolute Gasteiger partial charge is 0.378 e. The van der Waals surface area contributed by atoms with Crippen LogP contribution >= 0.6 is 24.0 Å². The molecule has 154 valence electrons. The Balaban J connectivity index is 0.00000392. The fourth-order valence-corrected chi connectivity index (χ4v) is 2.71. The summed E-state index contributed by atoms with van der Waals surface area (Å²) in [6, 6.07) is 6.61. The number of hydrogen-bond acceptors (Lipinski definition) is 5. The molecule has 1 aromatic heterocycles. The highest BCUT2D eigenvalue weighted by atomic mass is 127. The molecule has 0 amide bonds. The van der Waals surface area contributed by atoms with Gasteiger partial charge in [-0.1, -0.05) is 12.1 Å². The van der Waals surface area contributed by atoms with Crippen LogP contribution in [-0.4, -0.2) is 40.3 Å². The summed E-state index contributed by atoms with van der Waals surface area (Å²) >= 11 is 0. The van der Waals surface area contributed by atoms with E-state index in [1.165, 1.54) is 6.07 Å². The number of aromatic nitrogens is 2. The number of aliphatic imine (C=N–C) groups is 1. The molecule has 0 saturated heterocycles. The Hall–Kier alpha value is -2.37. The summed E-state index contributed by atoms with van der Waals surface area (Å²) in [5.74, 6) is 0.699. The van der Waals surface area contributed by atoms with Crippen molar-refractivity contribution in [2.75, 3.05) is 25.0 Å².